The zero-order valence-electron chi connectivity index (χ0n) is 11.6. The second-order valence-corrected chi connectivity index (χ2v) is 5.08. The number of hydrogen-bond acceptors (Lipinski definition) is 4. The molecule has 0 radical (unpaired) electrons. The summed E-state index contributed by atoms with van der Waals surface area (Å²) in [6.45, 7) is 4.40. The molecule has 1 fully saturated rings. The molecular weight excluding hydrogens is 244 g/mol. The number of aliphatic hydroxyl groups excluding tert-OH is 1. The van der Waals surface area contributed by atoms with Crippen LogP contribution in [0.2, 0.25) is 0 Å². The van der Waals surface area contributed by atoms with Crippen molar-refractivity contribution in [2.75, 3.05) is 13.2 Å². The fourth-order valence-electron chi connectivity index (χ4n) is 2.38. The van der Waals surface area contributed by atoms with Crippen LogP contribution in [0, 0.1) is 0 Å². The lowest BCUT2D eigenvalue weighted by Crippen LogP contribution is -2.41. The minimum Gasteiger partial charge on any atom is -0.395 e. The quantitative estimate of drug-likeness (QED) is 0.821. The van der Waals surface area contributed by atoms with Crippen LogP contribution in [-0.4, -0.2) is 40.3 Å². The van der Waals surface area contributed by atoms with E-state index < -0.39 is 0 Å². The molecule has 1 aromatic heterocycles. The van der Waals surface area contributed by atoms with Gasteiger partial charge in [0, 0.05) is 24.6 Å². The van der Waals surface area contributed by atoms with Crippen molar-refractivity contribution in [2.24, 2.45) is 0 Å². The first-order valence-corrected chi connectivity index (χ1v) is 7.09. The molecule has 0 bridgehead atoms. The van der Waals surface area contributed by atoms with Crippen molar-refractivity contribution in [1.82, 2.24) is 10.1 Å². The highest BCUT2D eigenvalue weighted by molar-refractivity contribution is 5.92. The van der Waals surface area contributed by atoms with Gasteiger partial charge in [-0.2, -0.15) is 0 Å². The summed E-state index contributed by atoms with van der Waals surface area (Å²) in [7, 11) is 0. The monoisotopic (exact) mass is 266 g/mol. The molecule has 0 spiro atoms. The summed E-state index contributed by atoms with van der Waals surface area (Å²) in [6.07, 6.45) is 3.98. The first-order chi connectivity index (χ1) is 9.21. The summed E-state index contributed by atoms with van der Waals surface area (Å²) in [6, 6.07) is 1.90. The molecule has 1 heterocycles. The van der Waals surface area contributed by atoms with Gasteiger partial charge in [-0.25, -0.2) is 0 Å². The van der Waals surface area contributed by atoms with Crippen molar-refractivity contribution in [2.45, 2.75) is 51.5 Å². The van der Waals surface area contributed by atoms with Gasteiger partial charge in [0.1, 0.15) is 5.76 Å². The van der Waals surface area contributed by atoms with Gasteiger partial charge >= 0.3 is 0 Å². The Morgan fingerprint density at radius 1 is 1.53 bits per heavy atom. The summed E-state index contributed by atoms with van der Waals surface area (Å²) in [5.41, 5.74) is 0.363. The fourth-order valence-corrected chi connectivity index (χ4v) is 2.38. The van der Waals surface area contributed by atoms with E-state index in [1.165, 1.54) is 0 Å². The van der Waals surface area contributed by atoms with Crippen molar-refractivity contribution >= 4 is 5.91 Å². The Hall–Kier alpha value is -1.36. The molecule has 19 heavy (non-hydrogen) atoms. The number of carbonyl (C=O) groups excluding carboxylic acids is 1. The number of aromatic nitrogens is 1. The number of rotatable bonds is 7. The second kappa shape index (κ2) is 6.19. The maximum atomic E-state index is 12.4. The molecule has 1 saturated carbocycles. The van der Waals surface area contributed by atoms with Crippen LogP contribution in [0.4, 0.5) is 0 Å². The number of nitrogens with zero attached hydrogens (tertiary/aromatic N) is 2. The lowest BCUT2D eigenvalue weighted by molar-refractivity contribution is 0.0612. The van der Waals surface area contributed by atoms with E-state index in [0.717, 1.165) is 31.4 Å². The Kier molecular flexibility index (Phi) is 4.58. The molecule has 0 aromatic carbocycles. The third-order valence-corrected chi connectivity index (χ3v) is 3.71. The zero-order valence-corrected chi connectivity index (χ0v) is 11.6. The second-order valence-electron chi connectivity index (χ2n) is 5.08. The maximum Gasteiger partial charge on any atom is 0.276 e. The van der Waals surface area contributed by atoms with Gasteiger partial charge in [-0.05, 0) is 25.7 Å². The average molecular weight is 266 g/mol. The van der Waals surface area contributed by atoms with E-state index in [-0.39, 0.29) is 18.6 Å². The predicted octanol–water partition coefficient (Wildman–Crippen LogP) is 2.18. The van der Waals surface area contributed by atoms with Crippen LogP contribution in [0.5, 0.6) is 0 Å². The van der Waals surface area contributed by atoms with E-state index in [0.29, 0.717) is 18.2 Å². The molecule has 0 unspecified atom stereocenters. The third-order valence-electron chi connectivity index (χ3n) is 3.71. The molecule has 5 heteroatoms. The van der Waals surface area contributed by atoms with Gasteiger partial charge in [-0.1, -0.05) is 19.0 Å². The normalized spacial score (nSPS) is 14.9. The Morgan fingerprint density at radius 2 is 2.21 bits per heavy atom. The van der Waals surface area contributed by atoms with Crippen molar-refractivity contribution in [1.29, 1.82) is 0 Å². The summed E-state index contributed by atoms with van der Waals surface area (Å²) in [5.74, 6) is 1.13. The summed E-state index contributed by atoms with van der Waals surface area (Å²) in [4.78, 5) is 14.1. The number of carbonyl (C=O) groups is 1. The largest absolute Gasteiger partial charge is 0.395 e. The van der Waals surface area contributed by atoms with Crippen LogP contribution >= 0.6 is 0 Å². The first-order valence-electron chi connectivity index (χ1n) is 7.09. The molecule has 0 saturated heterocycles. The van der Waals surface area contributed by atoms with Gasteiger partial charge in [-0.3, -0.25) is 4.79 Å². The molecule has 0 aliphatic heterocycles. The highest BCUT2D eigenvalue weighted by Crippen LogP contribution is 2.40. The maximum absolute atomic E-state index is 12.4. The van der Waals surface area contributed by atoms with Crippen molar-refractivity contribution in [3.8, 4) is 0 Å². The minimum absolute atomic E-state index is 0.0322. The first kappa shape index (κ1) is 14.1. The van der Waals surface area contributed by atoms with Gasteiger partial charge in [-0.15, -0.1) is 0 Å². The number of aliphatic hydroxyl groups is 1. The SMILES string of the molecule is CCC(CC)N(CCO)C(=O)c1cc(C2CC2)on1. The Morgan fingerprint density at radius 3 is 2.74 bits per heavy atom. The third kappa shape index (κ3) is 3.15. The van der Waals surface area contributed by atoms with Gasteiger partial charge in [0.2, 0.25) is 0 Å². The molecule has 106 valence electrons. The molecule has 0 atom stereocenters. The van der Waals surface area contributed by atoms with E-state index >= 15 is 0 Å². The molecule has 1 aromatic rings. The average Bonchev–Trinajstić information content (AvgIpc) is 3.16. The van der Waals surface area contributed by atoms with E-state index in [1.54, 1.807) is 11.0 Å². The summed E-state index contributed by atoms with van der Waals surface area (Å²) >= 11 is 0. The van der Waals surface area contributed by atoms with Crippen LogP contribution in [-0.2, 0) is 0 Å². The van der Waals surface area contributed by atoms with Crippen molar-refractivity contribution < 1.29 is 14.4 Å². The minimum atomic E-state index is -0.140. The number of hydrogen-bond donors (Lipinski definition) is 1. The smallest absolute Gasteiger partial charge is 0.276 e. The van der Waals surface area contributed by atoms with Crippen LogP contribution in [0.3, 0.4) is 0 Å². The van der Waals surface area contributed by atoms with Gasteiger partial charge in [0.05, 0.1) is 6.61 Å². The summed E-state index contributed by atoms with van der Waals surface area (Å²) < 4.78 is 5.23. The molecule has 1 N–H and O–H groups in total. The molecule has 5 nitrogen and oxygen atoms in total. The highest BCUT2D eigenvalue weighted by Gasteiger charge is 2.30. The Labute approximate surface area is 113 Å². The van der Waals surface area contributed by atoms with E-state index in [9.17, 15) is 4.79 Å². The molecular formula is C14H22N2O3. The van der Waals surface area contributed by atoms with Gasteiger partial charge in [0.25, 0.3) is 5.91 Å². The standard InChI is InChI=1S/C14H22N2O3/c1-3-11(4-2)16(7-8-17)14(18)12-9-13(19-15-12)10-5-6-10/h9-11,17H,3-8H2,1-2H3. The van der Waals surface area contributed by atoms with E-state index in [1.807, 2.05) is 13.8 Å². The molecule has 1 aliphatic rings. The van der Waals surface area contributed by atoms with Crippen LogP contribution in [0.25, 0.3) is 0 Å². The highest BCUT2D eigenvalue weighted by atomic mass is 16.5. The topological polar surface area (TPSA) is 66.6 Å². The van der Waals surface area contributed by atoms with Crippen LogP contribution in [0.15, 0.2) is 10.6 Å². The Bertz CT molecular complexity index is 422. The zero-order chi connectivity index (χ0) is 13.8. The van der Waals surface area contributed by atoms with Crippen LogP contribution < -0.4 is 0 Å². The lowest BCUT2D eigenvalue weighted by Gasteiger charge is -2.29. The molecule has 1 amide bonds. The van der Waals surface area contributed by atoms with Crippen molar-refractivity contribution in [3.63, 3.8) is 0 Å². The predicted molar refractivity (Wildman–Crippen MR) is 71.0 cm³/mol. The van der Waals surface area contributed by atoms with Gasteiger partial charge < -0.3 is 14.5 Å². The fraction of sp³-hybridized carbons (Fsp3) is 0.714. The lowest BCUT2D eigenvalue weighted by atomic mass is 10.1. The van der Waals surface area contributed by atoms with Crippen LogP contribution in [0.1, 0.15) is 61.7 Å². The van der Waals surface area contributed by atoms with E-state index in [4.69, 9.17) is 9.63 Å². The Balaban J connectivity index is 2.12. The molecule has 1 aliphatic carbocycles. The summed E-state index contributed by atoms with van der Waals surface area (Å²) in [5, 5.41) is 13.0. The van der Waals surface area contributed by atoms with Crippen molar-refractivity contribution in [3.05, 3.63) is 17.5 Å². The van der Waals surface area contributed by atoms with E-state index in [2.05, 4.69) is 5.16 Å². The van der Waals surface area contributed by atoms with Gasteiger partial charge in [0.15, 0.2) is 5.69 Å². The molecule has 2 rings (SSSR count). The number of amides is 1.